The van der Waals surface area contributed by atoms with Gasteiger partial charge in [-0.05, 0) is 18.9 Å². The Balaban J connectivity index is 2.29. The van der Waals surface area contributed by atoms with Crippen molar-refractivity contribution in [3.8, 4) is 0 Å². The Morgan fingerprint density at radius 2 is 2.35 bits per heavy atom. The van der Waals surface area contributed by atoms with Crippen LogP contribution in [0.5, 0.6) is 0 Å². The van der Waals surface area contributed by atoms with Gasteiger partial charge in [0.1, 0.15) is 6.54 Å². The van der Waals surface area contributed by atoms with Crippen molar-refractivity contribution in [3.63, 3.8) is 0 Å². The van der Waals surface area contributed by atoms with E-state index in [-0.39, 0.29) is 12.5 Å². The highest BCUT2D eigenvalue weighted by Gasteiger charge is 2.05. The van der Waals surface area contributed by atoms with Crippen LogP contribution in [0, 0.1) is 5.92 Å². The molecule has 0 spiro atoms. The minimum Gasteiger partial charge on any atom is -0.354 e. The van der Waals surface area contributed by atoms with Crippen molar-refractivity contribution in [1.29, 1.82) is 0 Å². The largest absolute Gasteiger partial charge is 0.354 e. The molecule has 1 heterocycles. The Hall–Kier alpha value is -1.43. The maximum atomic E-state index is 11.5. The molecule has 0 bridgehead atoms. The van der Waals surface area contributed by atoms with Crippen molar-refractivity contribution in [1.82, 2.24) is 20.3 Å². The fraction of sp³-hybridized carbons (Fsp3) is 0.727. The second kappa shape index (κ2) is 7.01. The van der Waals surface area contributed by atoms with Crippen LogP contribution in [0.15, 0.2) is 6.20 Å². The van der Waals surface area contributed by atoms with Gasteiger partial charge in [-0.15, -0.1) is 5.10 Å². The molecule has 0 atom stereocenters. The van der Waals surface area contributed by atoms with Gasteiger partial charge in [0.15, 0.2) is 0 Å². The first kappa shape index (κ1) is 13.6. The maximum absolute atomic E-state index is 11.5. The molecule has 1 aromatic rings. The number of nitrogens with two attached hydrogens (primary N) is 1. The molecular weight excluding hydrogens is 218 g/mol. The van der Waals surface area contributed by atoms with E-state index in [1.54, 1.807) is 6.20 Å². The lowest BCUT2D eigenvalue weighted by atomic mass is 10.1. The Morgan fingerprint density at radius 1 is 1.59 bits per heavy atom. The molecule has 0 radical (unpaired) electrons. The van der Waals surface area contributed by atoms with Crippen LogP contribution >= 0.6 is 0 Å². The summed E-state index contributed by atoms with van der Waals surface area (Å²) < 4.78 is 1.54. The third-order valence-corrected chi connectivity index (χ3v) is 2.34. The van der Waals surface area contributed by atoms with E-state index in [2.05, 4.69) is 29.5 Å². The number of hydrogen-bond donors (Lipinski definition) is 2. The van der Waals surface area contributed by atoms with Gasteiger partial charge in [-0.25, -0.2) is 4.68 Å². The van der Waals surface area contributed by atoms with Gasteiger partial charge in [-0.1, -0.05) is 19.1 Å². The molecule has 0 aliphatic carbocycles. The Morgan fingerprint density at radius 3 is 3.00 bits per heavy atom. The van der Waals surface area contributed by atoms with Crippen molar-refractivity contribution in [3.05, 3.63) is 11.9 Å². The van der Waals surface area contributed by atoms with Gasteiger partial charge in [-0.2, -0.15) is 0 Å². The van der Waals surface area contributed by atoms with E-state index in [0.717, 1.165) is 12.1 Å². The second-order valence-corrected chi connectivity index (χ2v) is 4.48. The highest BCUT2D eigenvalue weighted by molar-refractivity contribution is 5.75. The van der Waals surface area contributed by atoms with Crippen LogP contribution in [0.25, 0.3) is 0 Å². The number of nitrogens with zero attached hydrogens (tertiary/aromatic N) is 3. The molecule has 1 rings (SSSR count). The van der Waals surface area contributed by atoms with Crippen LogP contribution in [0.3, 0.4) is 0 Å². The summed E-state index contributed by atoms with van der Waals surface area (Å²) in [5.74, 6) is 0.563. The minimum atomic E-state index is -0.0325. The number of amides is 1. The van der Waals surface area contributed by atoms with E-state index in [1.165, 1.54) is 4.68 Å². The zero-order chi connectivity index (χ0) is 12.7. The van der Waals surface area contributed by atoms with E-state index in [9.17, 15) is 4.79 Å². The average molecular weight is 239 g/mol. The van der Waals surface area contributed by atoms with E-state index >= 15 is 0 Å². The first-order valence-corrected chi connectivity index (χ1v) is 5.97. The molecule has 6 nitrogen and oxygen atoms in total. The molecular formula is C11H21N5O. The van der Waals surface area contributed by atoms with Crippen LogP contribution in [0.1, 0.15) is 26.0 Å². The lowest BCUT2D eigenvalue weighted by Crippen LogP contribution is -2.29. The molecule has 0 fully saturated rings. The Labute approximate surface area is 102 Å². The molecule has 1 amide bonds. The smallest absolute Gasteiger partial charge is 0.241 e. The number of hydrogen-bond acceptors (Lipinski definition) is 4. The van der Waals surface area contributed by atoms with Gasteiger partial charge in [0.25, 0.3) is 0 Å². The molecule has 6 heteroatoms. The van der Waals surface area contributed by atoms with Gasteiger partial charge >= 0.3 is 0 Å². The number of carbonyl (C=O) groups is 1. The van der Waals surface area contributed by atoms with Crippen molar-refractivity contribution >= 4 is 5.91 Å². The summed E-state index contributed by atoms with van der Waals surface area (Å²) in [4.78, 5) is 11.5. The standard InChI is InChI=1S/C11H21N5O/c1-9(2)4-6-13-11(17)8-16-7-10(3-5-12)14-15-16/h7,9H,3-6,8,12H2,1-2H3,(H,13,17). The van der Waals surface area contributed by atoms with Gasteiger partial charge in [0, 0.05) is 19.2 Å². The first-order chi connectivity index (χ1) is 8.11. The van der Waals surface area contributed by atoms with Gasteiger partial charge in [-0.3, -0.25) is 4.79 Å². The van der Waals surface area contributed by atoms with Crippen LogP contribution in [0.2, 0.25) is 0 Å². The zero-order valence-corrected chi connectivity index (χ0v) is 10.5. The minimum absolute atomic E-state index is 0.0325. The second-order valence-electron chi connectivity index (χ2n) is 4.48. The van der Waals surface area contributed by atoms with Gasteiger partial charge in [0.2, 0.25) is 5.91 Å². The molecule has 3 N–H and O–H groups in total. The monoisotopic (exact) mass is 239 g/mol. The zero-order valence-electron chi connectivity index (χ0n) is 10.5. The van der Waals surface area contributed by atoms with E-state index in [0.29, 0.717) is 25.4 Å². The van der Waals surface area contributed by atoms with E-state index < -0.39 is 0 Å². The summed E-state index contributed by atoms with van der Waals surface area (Å²) in [7, 11) is 0. The van der Waals surface area contributed by atoms with Crippen molar-refractivity contribution in [2.24, 2.45) is 11.7 Å². The summed E-state index contributed by atoms with van der Waals surface area (Å²) in [5, 5.41) is 10.6. The molecule has 0 unspecified atom stereocenters. The summed E-state index contributed by atoms with van der Waals surface area (Å²) in [5.41, 5.74) is 6.23. The van der Waals surface area contributed by atoms with Crippen LogP contribution in [-0.2, 0) is 17.8 Å². The van der Waals surface area contributed by atoms with Crippen molar-refractivity contribution in [2.75, 3.05) is 13.1 Å². The molecule has 0 aromatic carbocycles. The number of aromatic nitrogens is 3. The molecule has 17 heavy (non-hydrogen) atoms. The lowest BCUT2D eigenvalue weighted by molar-refractivity contribution is -0.121. The Bertz CT molecular complexity index is 347. The first-order valence-electron chi connectivity index (χ1n) is 5.97. The normalized spacial score (nSPS) is 10.8. The SMILES string of the molecule is CC(C)CCNC(=O)Cn1cc(CCN)nn1. The fourth-order valence-corrected chi connectivity index (χ4v) is 1.38. The Kier molecular flexibility index (Phi) is 5.62. The summed E-state index contributed by atoms with van der Waals surface area (Å²) >= 11 is 0. The predicted octanol–water partition coefficient (Wildman–Crippen LogP) is -0.0584. The molecule has 1 aromatic heterocycles. The molecule has 96 valence electrons. The van der Waals surface area contributed by atoms with E-state index in [4.69, 9.17) is 5.73 Å². The topological polar surface area (TPSA) is 85.8 Å². The highest BCUT2D eigenvalue weighted by atomic mass is 16.2. The van der Waals surface area contributed by atoms with Crippen LogP contribution in [-0.4, -0.2) is 34.0 Å². The van der Waals surface area contributed by atoms with Crippen LogP contribution < -0.4 is 11.1 Å². The molecule has 0 aliphatic heterocycles. The molecule has 0 saturated carbocycles. The summed E-state index contributed by atoms with van der Waals surface area (Å²) in [6.45, 7) is 5.72. The lowest BCUT2D eigenvalue weighted by Gasteiger charge is -2.06. The van der Waals surface area contributed by atoms with E-state index in [1.807, 2.05) is 0 Å². The molecule has 0 aliphatic rings. The quantitative estimate of drug-likeness (QED) is 0.698. The fourth-order valence-electron chi connectivity index (χ4n) is 1.38. The maximum Gasteiger partial charge on any atom is 0.241 e. The average Bonchev–Trinajstić information content (AvgIpc) is 2.65. The number of rotatable bonds is 7. The number of carbonyl (C=O) groups excluding carboxylic acids is 1. The number of nitrogens with one attached hydrogen (secondary N) is 1. The third kappa shape index (κ3) is 5.44. The molecule has 0 saturated heterocycles. The highest BCUT2D eigenvalue weighted by Crippen LogP contribution is 1.97. The van der Waals surface area contributed by atoms with Crippen molar-refractivity contribution in [2.45, 2.75) is 33.2 Å². The third-order valence-electron chi connectivity index (χ3n) is 2.34. The summed E-state index contributed by atoms with van der Waals surface area (Å²) in [6.07, 6.45) is 3.44. The predicted molar refractivity (Wildman–Crippen MR) is 65.2 cm³/mol. The summed E-state index contributed by atoms with van der Waals surface area (Å²) in [6, 6.07) is 0. The van der Waals surface area contributed by atoms with Crippen molar-refractivity contribution < 1.29 is 4.79 Å². The van der Waals surface area contributed by atoms with Gasteiger partial charge in [0.05, 0.1) is 5.69 Å². The van der Waals surface area contributed by atoms with Gasteiger partial charge < -0.3 is 11.1 Å². The van der Waals surface area contributed by atoms with Crippen LogP contribution in [0.4, 0.5) is 0 Å².